The van der Waals surface area contributed by atoms with Crippen LogP contribution in [-0.2, 0) is 26.1 Å². The molecule has 3 aromatic carbocycles. The van der Waals surface area contributed by atoms with Crippen molar-refractivity contribution in [2.75, 3.05) is 18.4 Å². The molecule has 1 saturated heterocycles. The van der Waals surface area contributed by atoms with Gasteiger partial charge in [0.15, 0.2) is 0 Å². The van der Waals surface area contributed by atoms with Crippen LogP contribution in [0.1, 0.15) is 35.1 Å². The number of likely N-dealkylation sites (tertiary alicyclic amines) is 1. The summed E-state index contributed by atoms with van der Waals surface area (Å²) < 4.78 is 0. The van der Waals surface area contributed by atoms with Crippen LogP contribution in [0.3, 0.4) is 0 Å². The standard InChI is InChI=1S/C33H34ClN7O2/c1-21-30(37-32(42)39-13-11-25(12-14-39)41-19-23-9-5-6-10-29(23)36-33(41)43)16-24-15-28(34)31-26(17-35-38-31)27(24)20-40(21)18-22-7-3-2-4-8-22/h2-10,15,17,25,30H,1,11-14,16,18-20H2,(H,35,38)(H,36,43)(H,37,42)/t30-/m1/s1. The van der Waals surface area contributed by atoms with Crippen molar-refractivity contribution in [1.29, 1.82) is 0 Å². The summed E-state index contributed by atoms with van der Waals surface area (Å²) >= 11 is 6.65. The number of piperidine rings is 1. The highest BCUT2D eigenvalue weighted by atomic mass is 35.5. The van der Waals surface area contributed by atoms with Crippen molar-refractivity contribution in [3.8, 4) is 0 Å². The molecule has 3 aliphatic heterocycles. The van der Waals surface area contributed by atoms with E-state index >= 15 is 0 Å². The quantitative estimate of drug-likeness (QED) is 0.275. The molecule has 0 unspecified atom stereocenters. The van der Waals surface area contributed by atoms with E-state index < -0.39 is 0 Å². The first-order chi connectivity index (χ1) is 20.9. The number of rotatable bonds is 4. The monoisotopic (exact) mass is 595 g/mol. The minimum Gasteiger partial charge on any atom is -0.365 e. The molecule has 220 valence electrons. The van der Waals surface area contributed by atoms with Crippen LogP contribution in [0.2, 0.25) is 5.02 Å². The third-order valence-corrected chi connectivity index (χ3v) is 9.34. The first-order valence-corrected chi connectivity index (χ1v) is 15.1. The van der Waals surface area contributed by atoms with E-state index in [1.807, 2.05) is 64.5 Å². The van der Waals surface area contributed by atoms with Crippen LogP contribution >= 0.6 is 11.6 Å². The highest BCUT2D eigenvalue weighted by Gasteiger charge is 2.34. The predicted octanol–water partition coefficient (Wildman–Crippen LogP) is 5.88. The van der Waals surface area contributed by atoms with Gasteiger partial charge in [-0.05, 0) is 53.6 Å². The molecule has 0 radical (unpaired) electrons. The number of nitrogens with one attached hydrogen (secondary N) is 3. The zero-order valence-electron chi connectivity index (χ0n) is 23.9. The van der Waals surface area contributed by atoms with Crippen molar-refractivity contribution in [2.24, 2.45) is 0 Å². The Morgan fingerprint density at radius 3 is 2.63 bits per heavy atom. The fourth-order valence-corrected chi connectivity index (χ4v) is 6.91. The number of aromatic nitrogens is 2. The minimum atomic E-state index is -0.306. The maximum absolute atomic E-state index is 13.7. The number of aromatic amines is 1. The number of carbonyl (C=O) groups excluding carboxylic acids is 2. The highest BCUT2D eigenvalue weighted by Crippen LogP contribution is 2.35. The van der Waals surface area contributed by atoms with Crippen molar-refractivity contribution in [2.45, 2.75) is 51.0 Å². The molecule has 0 saturated carbocycles. The Morgan fingerprint density at radius 2 is 1.81 bits per heavy atom. The molecular weight excluding hydrogens is 562 g/mol. The molecule has 0 spiro atoms. The molecule has 0 bridgehead atoms. The summed E-state index contributed by atoms with van der Waals surface area (Å²) in [4.78, 5) is 32.5. The van der Waals surface area contributed by atoms with Crippen LogP contribution in [0.25, 0.3) is 10.9 Å². The molecule has 1 fully saturated rings. The average Bonchev–Trinajstić information content (AvgIpc) is 3.49. The van der Waals surface area contributed by atoms with Crippen LogP contribution in [0.15, 0.2) is 79.1 Å². The molecule has 4 heterocycles. The zero-order chi connectivity index (χ0) is 29.5. The Labute approximate surface area is 255 Å². The van der Waals surface area contributed by atoms with Gasteiger partial charge in [0.2, 0.25) is 0 Å². The van der Waals surface area contributed by atoms with Gasteiger partial charge in [0.25, 0.3) is 0 Å². The van der Waals surface area contributed by atoms with Gasteiger partial charge in [0, 0.05) is 55.5 Å². The summed E-state index contributed by atoms with van der Waals surface area (Å²) in [5.41, 5.74) is 7.06. The summed E-state index contributed by atoms with van der Waals surface area (Å²) in [5, 5.41) is 15.2. The zero-order valence-corrected chi connectivity index (χ0v) is 24.6. The van der Waals surface area contributed by atoms with E-state index in [4.69, 9.17) is 11.6 Å². The van der Waals surface area contributed by atoms with E-state index in [0.717, 1.165) is 51.8 Å². The van der Waals surface area contributed by atoms with E-state index in [1.165, 1.54) is 5.56 Å². The molecule has 9 nitrogen and oxygen atoms in total. The molecule has 4 aromatic rings. The molecular formula is C33H34ClN7O2. The maximum Gasteiger partial charge on any atom is 0.322 e. The molecule has 1 atom stereocenters. The lowest BCUT2D eigenvalue weighted by Crippen LogP contribution is -2.54. The van der Waals surface area contributed by atoms with Crippen LogP contribution in [0, 0.1) is 0 Å². The summed E-state index contributed by atoms with van der Waals surface area (Å²) in [6, 6.07) is 19.8. The van der Waals surface area contributed by atoms with Gasteiger partial charge < -0.3 is 25.3 Å². The van der Waals surface area contributed by atoms with Gasteiger partial charge in [-0.1, -0.05) is 66.7 Å². The summed E-state index contributed by atoms with van der Waals surface area (Å²) in [5.74, 6) is 0. The molecule has 3 aliphatic rings. The summed E-state index contributed by atoms with van der Waals surface area (Å²) in [6.45, 7) is 7.53. The van der Waals surface area contributed by atoms with E-state index in [9.17, 15) is 9.59 Å². The number of urea groups is 2. The second-order valence-corrected chi connectivity index (χ2v) is 12.0. The highest BCUT2D eigenvalue weighted by molar-refractivity contribution is 6.35. The maximum atomic E-state index is 13.7. The van der Waals surface area contributed by atoms with Crippen molar-refractivity contribution in [3.63, 3.8) is 0 Å². The number of halogens is 1. The third kappa shape index (κ3) is 5.29. The van der Waals surface area contributed by atoms with Crippen LogP contribution < -0.4 is 10.6 Å². The van der Waals surface area contributed by atoms with E-state index in [1.54, 1.807) is 0 Å². The Hall–Kier alpha value is -4.50. The smallest absolute Gasteiger partial charge is 0.322 e. The second-order valence-electron chi connectivity index (χ2n) is 11.6. The van der Waals surface area contributed by atoms with Crippen molar-refractivity contribution < 1.29 is 9.59 Å². The predicted molar refractivity (Wildman–Crippen MR) is 168 cm³/mol. The summed E-state index contributed by atoms with van der Waals surface area (Å²) in [6.07, 6.45) is 3.86. The lowest BCUT2D eigenvalue weighted by molar-refractivity contribution is 0.127. The molecule has 0 aliphatic carbocycles. The first kappa shape index (κ1) is 27.3. The Balaban J connectivity index is 1.07. The number of amides is 4. The fourth-order valence-electron chi connectivity index (χ4n) is 6.64. The summed E-state index contributed by atoms with van der Waals surface area (Å²) in [7, 11) is 0. The van der Waals surface area contributed by atoms with Crippen molar-refractivity contribution in [3.05, 3.63) is 106 Å². The lowest BCUT2D eigenvalue weighted by atomic mass is 9.98. The SMILES string of the molecule is C=C1[C@H](NC(=O)N2CCC(N3Cc4ccccc4NC3=O)CC2)Cc2cc(Cl)c3[nH]ncc3c2CN1Cc1ccccc1. The van der Waals surface area contributed by atoms with Gasteiger partial charge >= 0.3 is 12.1 Å². The first-order valence-electron chi connectivity index (χ1n) is 14.8. The Morgan fingerprint density at radius 1 is 1.05 bits per heavy atom. The van der Waals surface area contributed by atoms with E-state index in [2.05, 4.69) is 44.4 Å². The topological polar surface area (TPSA) is 96.6 Å². The number of nitrogens with zero attached hydrogens (tertiary/aromatic N) is 4. The number of benzene rings is 3. The van der Waals surface area contributed by atoms with Crippen molar-refractivity contribution >= 4 is 40.3 Å². The van der Waals surface area contributed by atoms with Gasteiger partial charge in [-0.25, -0.2) is 9.59 Å². The number of anilines is 1. The Bertz CT molecular complexity index is 1700. The van der Waals surface area contributed by atoms with Crippen molar-refractivity contribution in [1.82, 2.24) is 30.2 Å². The van der Waals surface area contributed by atoms with Gasteiger partial charge in [0.05, 0.1) is 22.8 Å². The number of carbonyl (C=O) groups is 2. The number of hydrogen-bond acceptors (Lipinski definition) is 4. The fraction of sp³-hybridized carbons (Fsp3) is 0.303. The minimum absolute atomic E-state index is 0.0704. The number of H-pyrrole nitrogens is 1. The number of fused-ring (bicyclic) bond motifs is 4. The van der Waals surface area contributed by atoms with E-state index in [0.29, 0.717) is 44.2 Å². The lowest BCUT2D eigenvalue weighted by Gasteiger charge is -2.41. The normalized spacial score (nSPS) is 19.1. The number of hydrogen-bond donors (Lipinski definition) is 3. The second kappa shape index (κ2) is 11.3. The van der Waals surface area contributed by atoms with E-state index in [-0.39, 0.29) is 24.1 Å². The molecule has 7 rings (SSSR count). The van der Waals surface area contributed by atoms with Gasteiger partial charge in [0.1, 0.15) is 0 Å². The van der Waals surface area contributed by atoms with Gasteiger partial charge in [-0.15, -0.1) is 0 Å². The molecule has 43 heavy (non-hydrogen) atoms. The van der Waals surface area contributed by atoms with Crippen LogP contribution in [0.5, 0.6) is 0 Å². The Kier molecular flexibility index (Phi) is 7.18. The largest absolute Gasteiger partial charge is 0.365 e. The van der Waals surface area contributed by atoms with Gasteiger partial charge in [-0.2, -0.15) is 5.10 Å². The van der Waals surface area contributed by atoms with Crippen LogP contribution in [0.4, 0.5) is 15.3 Å². The van der Waals surface area contributed by atoms with Crippen LogP contribution in [-0.4, -0.2) is 62.1 Å². The third-order valence-electron chi connectivity index (χ3n) is 9.04. The average molecular weight is 596 g/mol. The molecule has 1 aromatic heterocycles. The van der Waals surface area contributed by atoms with Gasteiger partial charge in [-0.3, -0.25) is 5.10 Å². The molecule has 4 amide bonds. The molecule has 3 N–H and O–H groups in total. The number of para-hydroxylation sites is 1. The molecule has 10 heteroatoms.